The van der Waals surface area contributed by atoms with Crippen LogP contribution in [0.2, 0.25) is 0 Å². The average molecular weight is 366 g/mol. The molecule has 140 valence electrons. The molecule has 0 spiro atoms. The van der Waals surface area contributed by atoms with E-state index >= 15 is 0 Å². The van der Waals surface area contributed by atoms with Crippen molar-refractivity contribution in [3.05, 3.63) is 64.7 Å². The molecule has 6 nitrogen and oxygen atoms in total. The summed E-state index contributed by atoms with van der Waals surface area (Å²) in [5, 5.41) is 2.84. The van der Waals surface area contributed by atoms with Crippen LogP contribution in [0.25, 0.3) is 0 Å². The molecule has 0 aliphatic carbocycles. The smallest absolute Gasteiger partial charge is 0.261 e. The lowest BCUT2D eigenvalue weighted by Gasteiger charge is -2.17. The molecule has 0 atom stereocenters. The van der Waals surface area contributed by atoms with Gasteiger partial charge in [0.2, 0.25) is 0 Å². The summed E-state index contributed by atoms with van der Waals surface area (Å²) in [5.74, 6) is -0.422. The quantitative estimate of drug-likeness (QED) is 0.798. The molecule has 3 rings (SSSR count). The number of amides is 3. The van der Waals surface area contributed by atoms with Gasteiger partial charge in [0.25, 0.3) is 17.7 Å². The zero-order chi connectivity index (χ0) is 19.6. The molecule has 0 saturated carbocycles. The Hall–Kier alpha value is -3.15. The van der Waals surface area contributed by atoms with E-state index in [0.717, 1.165) is 0 Å². The molecule has 0 fully saturated rings. The highest BCUT2D eigenvalue weighted by atomic mass is 16.5. The van der Waals surface area contributed by atoms with Crippen LogP contribution in [-0.4, -0.2) is 35.3 Å². The fourth-order valence-corrected chi connectivity index (χ4v) is 3.04. The van der Waals surface area contributed by atoms with Crippen LogP contribution in [0.1, 0.15) is 57.4 Å². The lowest BCUT2D eigenvalue weighted by molar-refractivity contribution is 0.0642. The number of fused-ring (bicyclic) bond motifs is 1. The summed E-state index contributed by atoms with van der Waals surface area (Å²) in [7, 11) is 0. The lowest BCUT2D eigenvalue weighted by Crippen LogP contribution is -2.31. The Morgan fingerprint density at radius 3 is 2.26 bits per heavy atom. The van der Waals surface area contributed by atoms with Crippen LogP contribution >= 0.6 is 0 Å². The molecule has 0 saturated heterocycles. The normalized spacial score (nSPS) is 13.1. The molecule has 3 amide bonds. The van der Waals surface area contributed by atoms with Crippen LogP contribution in [-0.2, 0) is 6.54 Å². The van der Waals surface area contributed by atoms with Crippen molar-refractivity contribution in [1.29, 1.82) is 0 Å². The SMILES string of the molecule is CCOc1ccc(CN2C(=O)c3ccccc3C2=O)cc1C(=O)NC(C)C. The van der Waals surface area contributed by atoms with Crippen molar-refractivity contribution in [3.8, 4) is 5.75 Å². The van der Waals surface area contributed by atoms with Gasteiger partial charge >= 0.3 is 0 Å². The fourth-order valence-electron chi connectivity index (χ4n) is 3.04. The first-order valence-electron chi connectivity index (χ1n) is 8.94. The summed E-state index contributed by atoms with van der Waals surface area (Å²) < 4.78 is 5.55. The minimum atomic E-state index is -0.322. The number of rotatable bonds is 6. The molecular formula is C21H22N2O4. The van der Waals surface area contributed by atoms with Crippen LogP contribution in [0.4, 0.5) is 0 Å². The number of nitrogens with one attached hydrogen (secondary N) is 1. The highest BCUT2D eigenvalue weighted by molar-refractivity contribution is 6.21. The number of carbonyl (C=O) groups excluding carboxylic acids is 3. The zero-order valence-electron chi connectivity index (χ0n) is 15.6. The Labute approximate surface area is 158 Å². The molecule has 0 aromatic heterocycles. The van der Waals surface area contributed by atoms with Crippen molar-refractivity contribution in [1.82, 2.24) is 10.2 Å². The number of ether oxygens (including phenoxy) is 1. The first-order valence-corrected chi connectivity index (χ1v) is 8.94. The third-order valence-corrected chi connectivity index (χ3v) is 4.23. The van der Waals surface area contributed by atoms with Gasteiger partial charge in [0.1, 0.15) is 5.75 Å². The molecule has 0 bridgehead atoms. The van der Waals surface area contributed by atoms with Crippen molar-refractivity contribution >= 4 is 17.7 Å². The van der Waals surface area contributed by atoms with E-state index in [1.54, 1.807) is 42.5 Å². The van der Waals surface area contributed by atoms with Crippen molar-refractivity contribution in [3.63, 3.8) is 0 Å². The summed E-state index contributed by atoms with van der Waals surface area (Å²) in [6.07, 6.45) is 0. The molecular weight excluding hydrogens is 344 g/mol. The van der Waals surface area contributed by atoms with Crippen molar-refractivity contribution in [2.24, 2.45) is 0 Å². The van der Waals surface area contributed by atoms with Crippen molar-refractivity contribution in [2.45, 2.75) is 33.4 Å². The molecule has 1 aliphatic rings. The molecule has 1 aliphatic heterocycles. The van der Waals surface area contributed by atoms with Gasteiger partial charge in [0.05, 0.1) is 29.8 Å². The summed E-state index contributed by atoms with van der Waals surface area (Å²) in [4.78, 5) is 38.8. The Morgan fingerprint density at radius 2 is 1.70 bits per heavy atom. The third kappa shape index (κ3) is 3.69. The second kappa shape index (κ2) is 7.61. The molecule has 2 aromatic carbocycles. The number of nitrogens with zero attached hydrogens (tertiary/aromatic N) is 1. The first kappa shape index (κ1) is 18.6. The number of hydrogen-bond acceptors (Lipinski definition) is 4. The summed E-state index contributed by atoms with van der Waals surface area (Å²) in [5.41, 5.74) is 1.89. The molecule has 1 heterocycles. The van der Waals surface area contributed by atoms with Gasteiger partial charge in [-0.1, -0.05) is 18.2 Å². The largest absolute Gasteiger partial charge is 0.493 e. The fraction of sp³-hybridized carbons (Fsp3) is 0.286. The van der Waals surface area contributed by atoms with Gasteiger partial charge in [0, 0.05) is 6.04 Å². The Kier molecular flexibility index (Phi) is 5.26. The number of benzene rings is 2. The minimum Gasteiger partial charge on any atom is -0.493 e. The van der Waals surface area contributed by atoms with Gasteiger partial charge in [-0.25, -0.2) is 0 Å². The monoisotopic (exact) mass is 366 g/mol. The maximum Gasteiger partial charge on any atom is 0.261 e. The van der Waals surface area contributed by atoms with E-state index in [2.05, 4.69) is 5.32 Å². The Bertz CT molecular complexity index is 870. The predicted octanol–water partition coefficient (Wildman–Crippen LogP) is 3.02. The van der Waals surface area contributed by atoms with Gasteiger partial charge in [-0.3, -0.25) is 19.3 Å². The van der Waals surface area contributed by atoms with Crippen LogP contribution in [0.3, 0.4) is 0 Å². The molecule has 2 aromatic rings. The van der Waals surface area contributed by atoms with E-state index in [4.69, 9.17) is 4.74 Å². The lowest BCUT2D eigenvalue weighted by atomic mass is 10.1. The van der Waals surface area contributed by atoms with E-state index in [9.17, 15) is 14.4 Å². The van der Waals surface area contributed by atoms with E-state index in [1.165, 1.54) is 4.90 Å². The second-order valence-corrected chi connectivity index (χ2v) is 6.63. The van der Waals surface area contributed by atoms with Gasteiger partial charge in [-0.2, -0.15) is 0 Å². The van der Waals surface area contributed by atoms with Gasteiger partial charge in [-0.15, -0.1) is 0 Å². The van der Waals surface area contributed by atoms with Crippen LogP contribution in [0.15, 0.2) is 42.5 Å². The average Bonchev–Trinajstić information content (AvgIpc) is 2.88. The molecule has 1 N–H and O–H groups in total. The number of hydrogen-bond donors (Lipinski definition) is 1. The zero-order valence-corrected chi connectivity index (χ0v) is 15.6. The summed E-state index contributed by atoms with van der Waals surface area (Å²) >= 11 is 0. The molecule has 0 radical (unpaired) electrons. The van der Waals surface area contributed by atoms with Gasteiger partial charge in [0.15, 0.2) is 0 Å². The highest BCUT2D eigenvalue weighted by Gasteiger charge is 2.35. The van der Waals surface area contributed by atoms with E-state index in [0.29, 0.717) is 34.6 Å². The second-order valence-electron chi connectivity index (χ2n) is 6.63. The van der Waals surface area contributed by atoms with Crippen LogP contribution in [0, 0.1) is 0 Å². The van der Waals surface area contributed by atoms with Gasteiger partial charge < -0.3 is 10.1 Å². The topological polar surface area (TPSA) is 75.7 Å². The molecule has 0 unspecified atom stereocenters. The molecule has 27 heavy (non-hydrogen) atoms. The Morgan fingerprint density at radius 1 is 1.07 bits per heavy atom. The maximum absolute atomic E-state index is 12.5. The van der Waals surface area contributed by atoms with E-state index < -0.39 is 0 Å². The summed E-state index contributed by atoms with van der Waals surface area (Å²) in [6, 6.07) is 11.9. The summed E-state index contributed by atoms with van der Waals surface area (Å²) in [6.45, 7) is 6.12. The van der Waals surface area contributed by atoms with Crippen molar-refractivity contribution in [2.75, 3.05) is 6.61 Å². The highest BCUT2D eigenvalue weighted by Crippen LogP contribution is 2.26. The van der Waals surface area contributed by atoms with E-state index in [-0.39, 0.29) is 30.3 Å². The predicted molar refractivity (Wildman–Crippen MR) is 101 cm³/mol. The van der Waals surface area contributed by atoms with Crippen LogP contribution in [0.5, 0.6) is 5.75 Å². The Balaban J connectivity index is 1.89. The van der Waals surface area contributed by atoms with Crippen LogP contribution < -0.4 is 10.1 Å². The number of imide groups is 1. The van der Waals surface area contributed by atoms with E-state index in [1.807, 2.05) is 20.8 Å². The molecule has 6 heteroatoms. The van der Waals surface area contributed by atoms with Crippen molar-refractivity contribution < 1.29 is 19.1 Å². The minimum absolute atomic E-state index is 0.0214. The maximum atomic E-state index is 12.5. The standard InChI is InChI=1S/C21H22N2O4/c1-4-27-18-10-9-14(11-17(18)19(24)22-13(2)3)12-23-20(25)15-7-5-6-8-16(15)21(23)26/h5-11,13H,4,12H2,1-3H3,(H,22,24). The van der Waals surface area contributed by atoms with Gasteiger partial charge in [-0.05, 0) is 50.6 Å². The first-order chi connectivity index (χ1) is 12.9. The third-order valence-electron chi connectivity index (χ3n) is 4.23. The number of carbonyl (C=O) groups is 3.